The molecule has 2 aromatic carbocycles. The van der Waals surface area contributed by atoms with E-state index < -0.39 is 10.1 Å². The van der Waals surface area contributed by atoms with Gasteiger partial charge in [0, 0.05) is 5.56 Å². The van der Waals surface area contributed by atoms with E-state index in [4.69, 9.17) is 4.28 Å². The molecule has 0 atom stereocenters. The maximum atomic E-state index is 12.2. The highest BCUT2D eigenvalue weighted by atomic mass is 32.2. The zero-order valence-electron chi connectivity index (χ0n) is 12.6. The summed E-state index contributed by atoms with van der Waals surface area (Å²) in [5.74, 6) is 0. The Bertz CT molecular complexity index is 852. The molecule has 0 bridgehead atoms. The van der Waals surface area contributed by atoms with Gasteiger partial charge in [0.25, 0.3) is 0 Å². The van der Waals surface area contributed by atoms with Crippen LogP contribution in [0.3, 0.4) is 0 Å². The van der Waals surface area contributed by atoms with Crippen molar-refractivity contribution in [2.45, 2.75) is 24.2 Å². The van der Waals surface area contributed by atoms with Crippen molar-refractivity contribution in [1.29, 1.82) is 0 Å². The lowest BCUT2D eigenvalue weighted by atomic mass is 9.90. The quantitative estimate of drug-likeness (QED) is 0.803. The second-order valence-electron chi connectivity index (χ2n) is 5.35. The van der Waals surface area contributed by atoms with Gasteiger partial charge >= 0.3 is 10.1 Å². The molecule has 0 aliphatic heterocycles. The fourth-order valence-corrected chi connectivity index (χ4v) is 3.35. The summed E-state index contributed by atoms with van der Waals surface area (Å²) >= 11 is 0. The van der Waals surface area contributed by atoms with Gasteiger partial charge < -0.3 is 0 Å². The number of nitrogens with zero attached hydrogens (tertiary/aromatic N) is 1. The van der Waals surface area contributed by atoms with E-state index in [-0.39, 0.29) is 4.90 Å². The van der Waals surface area contributed by atoms with Crippen LogP contribution in [0.15, 0.2) is 65.2 Å². The number of rotatable bonds is 4. The van der Waals surface area contributed by atoms with Crippen molar-refractivity contribution in [3.05, 3.63) is 71.8 Å². The molecular formula is C18H17NO3S. The molecule has 4 nitrogen and oxygen atoms in total. The topological polar surface area (TPSA) is 55.7 Å². The Morgan fingerprint density at radius 3 is 2.52 bits per heavy atom. The first-order valence-corrected chi connectivity index (χ1v) is 8.82. The highest BCUT2D eigenvalue weighted by Gasteiger charge is 2.19. The number of fused-ring (bicyclic) bond motifs is 1. The largest absolute Gasteiger partial charge is 0.358 e. The standard InChI is InChI=1S/C18H17NO3S/c1-2-14-10-12-16(13-11-14)23(20,21)22-19-18-9-5-7-15-6-3-4-8-17(15)18/h2-4,6,8,10-13H,1,5,7,9H2/b19-18-. The van der Waals surface area contributed by atoms with Crippen LogP contribution in [0.5, 0.6) is 0 Å². The molecule has 0 amide bonds. The van der Waals surface area contributed by atoms with Gasteiger partial charge in [-0.15, -0.1) is 0 Å². The predicted octanol–water partition coefficient (Wildman–Crippen LogP) is 3.78. The Kier molecular flexibility index (Phi) is 4.30. The minimum absolute atomic E-state index is 0.0801. The lowest BCUT2D eigenvalue weighted by Crippen LogP contribution is -2.13. The van der Waals surface area contributed by atoms with Gasteiger partial charge in [0.2, 0.25) is 0 Å². The third-order valence-electron chi connectivity index (χ3n) is 3.84. The minimum Gasteiger partial charge on any atom is -0.264 e. The molecule has 0 aromatic heterocycles. The van der Waals surface area contributed by atoms with E-state index in [0.717, 1.165) is 24.0 Å². The molecule has 2 aromatic rings. The summed E-state index contributed by atoms with van der Waals surface area (Å²) in [7, 11) is -3.91. The van der Waals surface area contributed by atoms with Crippen molar-refractivity contribution in [3.63, 3.8) is 0 Å². The smallest absolute Gasteiger partial charge is 0.264 e. The Hall–Kier alpha value is -2.40. The van der Waals surface area contributed by atoms with Crippen molar-refractivity contribution < 1.29 is 12.7 Å². The van der Waals surface area contributed by atoms with Gasteiger partial charge in [-0.25, -0.2) is 0 Å². The van der Waals surface area contributed by atoms with E-state index in [9.17, 15) is 8.42 Å². The fourth-order valence-electron chi connectivity index (χ4n) is 2.60. The zero-order chi connectivity index (χ0) is 16.3. The molecule has 0 heterocycles. The van der Waals surface area contributed by atoms with Crippen LogP contribution in [0.4, 0.5) is 0 Å². The summed E-state index contributed by atoms with van der Waals surface area (Å²) in [6, 6.07) is 14.2. The van der Waals surface area contributed by atoms with Gasteiger partial charge in [-0.05, 0) is 42.5 Å². The maximum Gasteiger partial charge on any atom is 0.358 e. The van der Waals surface area contributed by atoms with Crippen LogP contribution in [-0.2, 0) is 20.8 Å². The third kappa shape index (κ3) is 3.35. The Morgan fingerprint density at radius 2 is 1.78 bits per heavy atom. The summed E-state index contributed by atoms with van der Waals surface area (Å²) in [5, 5.41) is 3.92. The number of benzene rings is 2. The minimum atomic E-state index is -3.91. The van der Waals surface area contributed by atoms with Gasteiger partial charge in [-0.3, -0.25) is 4.28 Å². The maximum absolute atomic E-state index is 12.2. The summed E-state index contributed by atoms with van der Waals surface area (Å²) in [5.41, 5.74) is 3.67. The van der Waals surface area contributed by atoms with E-state index in [1.165, 1.54) is 17.7 Å². The van der Waals surface area contributed by atoms with E-state index in [0.29, 0.717) is 12.1 Å². The van der Waals surface area contributed by atoms with E-state index in [1.807, 2.05) is 24.3 Å². The normalized spacial score (nSPS) is 15.9. The van der Waals surface area contributed by atoms with Gasteiger partial charge in [0.15, 0.2) is 0 Å². The fraction of sp³-hybridized carbons (Fsp3) is 0.167. The molecule has 0 radical (unpaired) electrons. The SMILES string of the molecule is C=Cc1ccc(S(=O)(=O)O/N=C2/CCCc3ccccc32)cc1. The molecule has 0 fully saturated rings. The number of hydrogen-bond donors (Lipinski definition) is 0. The molecule has 0 N–H and O–H groups in total. The number of oxime groups is 1. The van der Waals surface area contributed by atoms with Crippen molar-refractivity contribution in [3.8, 4) is 0 Å². The molecule has 23 heavy (non-hydrogen) atoms. The molecule has 1 aliphatic carbocycles. The van der Waals surface area contributed by atoms with Crippen LogP contribution in [0.1, 0.15) is 29.5 Å². The first kappa shape index (κ1) is 15.5. The molecule has 118 valence electrons. The lowest BCUT2D eigenvalue weighted by Gasteiger charge is -2.16. The highest BCUT2D eigenvalue weighted by molar-refractivity contribution is 7.86. The number of aryl methyl sites for hydroxylation is 1. The lowest BCUT2D eigenvalue weighted by molar-refractivity contribution is 0.337. The first-order valence-electron chi connectivity index (χ1n) is 7.41. The van der Waals surface area contributed by atoms with E-state index >= 15 is 0 Å². The van der Waals surface area contributed by atoms with Gasteiger partial charge in [-0.2, -0.15) is 8.42 Å². The van der Waals surface area contributed by atoms with Crippen molar-refractivity contribution >= 4 is 21.9 Å². The molecule has 0 unspecified atom stereocenters. The molecule has 3 rings (SSSR count). The van der Waals surface area contributed by atoms with E-state index in [2.05, 4.69) is 11.7 Å². The number of hydrogen-bond acceptors (Lipinski definition) is 4. The van der Waals surface area contributed by atoms with Crippen LogP contribution in [0.25, 0.3) is 6.08 Å². The van der Waals surface area contributed by atoms with Crippen molar-refractivity contribution in [1.82, 2.24) is 0 Å². The molecule has 0 saturated carbocycles. The summed E-state index contributed by atoms with van der Waals surface area (Å²) in [6.45, 7) is 3.64. The van der Waals surface area contributed by atoms with Gasteiger partial charge in [-0.1, -0.05) is 54.2 Å². The second kappa shape index (κ2) is 6.38. The van der Waals surface area contributed by atoms with Crippen molar-refractivity contribution in [2.75, 3.05) is 0 Å². The van der Waals surface area contributed by atoms with Crippen LogP contribution < -0.4 is 0 Å². The van der Waals surface area contributed by atoms with Crippen molar-refractivity contribution in [2.24, 2.45) is 5.16 Å². The van der Waals surface area contributed by atoms with Crippen LogP contribution in [0, 0.1) is 0 Å². The Balaban J connectivity index is 1.85. The Labute approximate surface area is 136 Å². The molecule has 5 heteroatoms. The average Bonchev–Trinajstić information content (AvgIpc) is 2.60. The summed E-state index contributed by atoms with van der Waals surface area (Å²) in [4.78, 5) is 0.0801. The summed E-state index contributed by atoms with van der Waals surface area (Å²) < 4.78 is 29.4. The molecule has 1 aliphatic rings. The van der Waals surface area contributed by atoms with Crippen LogP contribution >= 0.6 is 0 Å². The highest BCUT2D eigenvalue weighted by Crippen LogP contribution is 2.22. The van der Waals surface area contributed by atoms with E-state index in [1.54, 1.807) is 18.2 Å². The zero-order valence-corrected chi connectivity index (χ0v) is 13.4. The monoisotopic (exact) mass is 327 g/mol. The third-order valence-corrected chi connectivity index (χ3v) is 4.96. The second-order valence-corrected chi connectivity index (χ2v) is 6.88. The van der Waals surface area contributed by atoms with Gasteiger partial charge in [0.1, 0.15) is 4.90 Å². The molecular weight excluding hydrogens is 310 g/mol. The van der Waals surface area contributed by atoms with Crippen LogP contribution in [0.2, 0.25) is 0 Å². The average molecular weight is 327 g/mol. The van der Waals surface area contributed by atoms with Crippen LogP contribution in [-0.4, -0.2) is 14.1 Å². The first-order chi connectivity index (χ1) is 11.1. The molecule has 0 spiro atoms. The van der Waals surface area contributed by atoms with Gasteiger partial charge in [0.05, 0.1) is 5.71 Å². The Morgan fingerprint density at radius 1 is 1.04 bits per heavy atom. The molecule has 0 saturated heterocycles. The predicted molar refractivity (Wildman–Crippen MR) is 90.7 cm³/mol. The summed E-state index contributed by atoms with van der Waals surface area (Å²) in [6.07, 6.45) is 4.27.